The molecular weight excluding hydrogens is 430 g/mol. The number of aromatic nitrogens is 1. The second kappa shape index (κ2) is 9.22. The van der Waals surface area contributed by atoms with Gasteiger partial charge >= 0.3 is 17.9 Å². The van der Waals surface area contributed by atoms with Crippen LogP contribution < -0.4 is 4.74 Å². The third-order valence-corrected chi connectivity index (χ3v) is 4.94. The summed E-state index contributed by atoms with van der Waals surface area (Å²) in [7, 11) is 0. The van der Waals surface area contributed by atoms with Crippen molar-refractivity contribution in [2.24, 2.45) is 0 Å². The summed E-state index contributed by atoms with van der Waals surface area (Å²) in [6.07, 6.45) is -1.18. The van der Waals surface area contributed by atoms with Gasteiger partial charge in [0.25, 0.3) is 0 Å². The molecule has 10 heteroatoms. The maximum absolute atomic E-state index is 11.6. The first-order valence-electron chi connectivity index (χ1n) is 7.67. The Bertz CT molecular complexity index is 669. The summed E-state index contributed by atoms with van der Waals surface area (Å²) in [5, 5.41) is 0. The molecule has 26 heavy (non-hydrogen) atoms. The topological polar surface area (TPSA) is 101 Å². The Kier molecular flexibility index (Phi) is 7.27. The Morgan fingerprint density at radius 1 is 1.04 bits per heavy atom. The molecule has 2 rings (SSSR count). The van der Waals surface area contributed by atoms with E-state index in [2.05, 4.69) is 20.9 Å². The minimum atomic E-state index is -0.977. The van der Waals surface area contributed by atoms with Crippen LogP contribution in [0.3, 0.4) is 0 Å². The number of halogens is 1. The number of esters is 3. The van der Waals surface area contributed by atoms with Crippen LogP contribution in [-0.2, 0) is 28.6 Å². The zero-order valence-electron chi connectivity index (χ0n) is 14.3. The van der Waals surface area contributed by atoms with Gasteiger partial charge in [-0.2, -0.15) is 0 Å². The van der Waals surface area contributed by atoms with Crippen molar-refractivity contribution in [1.82, 2.24) is 4.98 Å². The van der Waals surface area contributed by atoms with Crippen molar-refractivity contribution < 1.29 is 33.3 Å². The molecule has 0 spiro atoms. The lowest BCUT2D eigenvalue weighted by Gasteiger charge is -2.39. The summed E-state index contributed by atoms with van der Waals surface area (Å²) in [4.78, 5) is 38.5. The van der Waals surface area contributed by atoms with E-state index in [1.807, 2.05) is 0 Å². The Labute approximate surface area is 163 Å². The normalized spacial score (nSPS) is 25.1. The van der Waals surface area contributed by atoms with E-state index < -0.39 is 41.7 Å². The largest absolute Gasteiger partial charge is 0.474 e. The lowest BCUT2D eigenvalue weighted by molar-refractivity contribution is -0.186. The van der Waals surface area contributed by atoms with Crippen molar-refractivity contribution in [1.29, 1.82) is 0 Å². The van der Waals surface area contributed by atoms with Crippen molar-refractivity contribution in [3.8, 4) is 5.75 Å². The lowest BCUT2D eigenvalue weighted by Crippen LogP contribution is -2.55. The van der Waals surface area contributed by atoms with Gasteiger partial charge in [0.05, 0.1) is 6.20 Å². The van der Waals surface area contributed by atoms with E-state index in [4.69, 9.17) is 18.9 Å². The van der Waals surface area contributed by atoms with Crippen molar-refractivity contribution >= 4 is 45.6 Å². The number of nitrogens with zero attached hydrogens (tertiary/aromatic N) is 1. The molecular formula is C16H18BrNO7S. The quantitative estimate of drug-likeness (QED) is 0.381. The number of rotatable bonds is 5. The second-order valence-corrected chi connectivity index (χ2v) is 7.38. The molecule has 1 aromatic heterocycles. The minimum absolute atomic E-state index is 0.309. The first-order valence-corrected chi connectivity index (χ1v) is 9.52. The van der Waals surface area contributed by atoms with Crippen LogP contribution >= 0.6 is 27.7 Å². The van der Waals surface area contributed by atoms with E-state index in [9.17, 15) is 14.4 Å². The summed E-state index contributed by atoms with van der Waals surface area (Å²) in [5.41, 5.74) is -0.668. The summed E-state index contributed by atoms with van der Waals surface area (Å²) < 4.78 is 22.4. The summed E-state index contributed by atoms with van der Waals surface area (Å²) in [5.74, 6) is -0.913. The summed E-state index contributed by atoms with van der Waals surface area (Å²) in [6.45, 7) is 3.72. The van der Waals surface area contributed by atoms with Crippen LogP contribution in [0.5, 0.6) is 5.75 Å². The number of pyridine rings is 1. The molecule has 4 atom stereocenters. The zero-order valence-corrected chi connectivity index (χ0v) is 16.7. The molecule has 1 fully saturated rings. The van der Waals surface area contributed by atoms with E-state index in [1.54, 1.807) is 12.1 Å². The summed E-state index contributed by atoms with van der Waals surface area (Å²) >= 11 is 4.52. The fourth-order valence-corrected chi connectivity index (χ4v) is 3.83. The van der Waals surface area contributed by atoms with E-state index in [-0.39, 0.29) is 0 Å². The van der Waals surface area contributed by atoms with Gasteiger partial charge in [0.1, 0.15) is 10.4 Å². The van der Waals surface area contributed by atoms with Crippen LogP contribution in [0.15, 0.2) is 22.9 Å². The second-order valence-electron chi connectivity index (χ2n) is 5.43. The highest BCUT2D eigenvalue weighted by atomic mass is 79.9. The van der Waals surface area contributed by atoms with Gasteiger partial charge in [-0.05, 0) is 28.1 Å². The Balaban J connectivity index is 2.25. The van der Waals surface area contributed by atoms with Gasteiger partial charge in [0.2, 0.25) is 0 Å². The van der Waals surface area contributed by atoms with E-state index >= 15 is 0 Å². The molecule has 1 saturated heterocycles. The molecule has 1 aliphatic rings. The Hall–Kier alpha value is -1.81. The van der Waals surface area contributed by atoms with Gasteiger partial charge in [0, 0.05) is 26.5 Å². The molecule has 1 aliphatic heterocycles. The van der Waals surface area contributed by atoms with Crippen LogP contribution in [0.4, 0.5) is 0 Å². The molecule has 2 heterocycles. The molecule has 0 saturated carbocycles. The number of carbonyl (C=O) groups excluding carboxylic acids is 3. The molecule has 142 valence electrons. The molecule has 0 aromatic carbocycles. The van der Waals surface area contributed by atoms with Crippen LogP contribution in [0.25, 0.3) is 0 Å². The highest BCUT2D eigenvalue weighted by Crippen LogP contribution is 2.34. The number of carbonyl (C=O) groups is 3. The molecule has 0 unspecified atom stereocenters. The fraction of sp³-hybridized carbons (Fsp3) is 0.500. The Morgan fingerprint density at radius 3 is 2.19 bits per heavy atom. The average molecular weight is 448 g/mol. The molecule has 0 N–H and O–H groups in total. The molecule has 8 nitrogen and oxygen atoms in total. The SMILES string of the molecule is CC(=O)O[C@@H]1[C@@H](OC(C)=O)[C@H](OC(C)=O)CS[C@H]1Oc1ccc(Br)nc1. The molecule has 0 radical (unpaired) electrons. The molecule has 0 aliphatic carbocycles. The van der Waals surface area contributed by atoms with Gasteiger partial charge in [0.15, 0.2) is 23.7 Å². The summed E-state index contributed by atoms with van der Waals surface area (Å²) in [6, 6.07) is 3.40. The maximum Gasteiger partial charge on any atom is 0.303 e. The highest BCUT2D eigenvalue weighted by Gasteiger charge is 2.47. The standard InChI is InChI=1S/C16H18BrNO7S/c1-8(19)22-12-7-26-16(25-11-4-5-13(17)18-6-11)15(24-10(3)21)14(12)23-9(2)20/h4-6,12,14-16H,7H2,1-3H3/t12-,14+,15-,16-/m1/s1. The average Bonchev–Trinajstić information content (AvgIpc) is 2.53. The van der Waals surface area contributed by atoms with Gasteiger partial charge in [-0.25, -0.2) is 4.98 Å². The number of hydrogen-bond donors (Lipinski definition) is 0. The number of ether oxygens (including phenoxy) is 4. The molecule has 1 aromatic rings. The third kappa shape index (κ3) is 5.87. The zero-order chi connectivity index (χ0) is 19.3. The lowest BCUT2D eigenvalue weighted by atomic mass is 10.1. The van der Waals surface area contributed by atoms with E-state index in [1.165, 1.54) is 38.7 Å². The van der Waals surface area contributed by atoms with Gasteiger partial charge in [-0.1, -0.05) is 0 Å². The van der Waals surface area contributed by atoms with E-state index in [0.29, 0.717) is 16.1 Å². The first-order chi connectivity index (χ1) is 12.3. The monoisotopic (exact) mass is 447 g/mol. The van der Waals surface area contributed by atoms with E-state index in [0.717, 1.165) is 0 Å². The smallest absolute Gasteiger partial charge is 0.303 e. The minimum Gasteiger partial charge on any atom is -0.474 e. The van der Waals surface area contributed by atoms with Crippen molar-refractivity contribution in [3.63, 3.8) is 0 Å². The predicted octanol–water partition coefficient (Wildman–Crippen LogP) is 2.09. The predicted molar refractivity (Wildman–Crippen MR) is 95.5 cm³/mol. The molecule has 0 bridgehead atoms. The van der Waals surface area contributed by atoms with Crippen LogP contribution in [0.2, 0.25) is 0 Å². The van der Waals surface area contributed by atoms with Crippen LogP contribution in [0, 0.1) is 0 Å². The maximum atomic E-state index is 11.6. The number of hydrogen-bond acceptors (Lipinski definition) is 9. The van der Waals surface area contributed by atoms with Crippen LogP contribution in [0.1, 0.15) is 20.8 Å². The van der Waals surface area contributed by atoms with Gasteiger partial charge in [-0.15, -0.1) is 11.8 Å². The van der Waals surface area contributed by atoms with Gasteiger partial charge < -0.3 is 18.9 Å². The first kappa shape index (κ1) is 20.5. The highest BCUT2D eigenvalue weighted by molar-refractivity contribution is 9.10. The fourth-order valence-electron chi connectivity index (χ4n) is 2.38. The Morgan fingerprint density at radius 2 is 1.65 bits per heavy atom. The van der Waals surface area contributed by atoms with Crippen molar-refractivity contribution in [2.45, 2.75) is 44.5 Å². The van der Waals surface area contributed by atoms with Crippen molar-refractivity contribution in [2.75, 3.05) is 5.75 Å². The van der Waals surface area contributed by atoms with Gasteiger partial charge in [-0.3, -0.25) is 14.4 Å². The third-order valence-electron chi connectivity index (χ3n) is 3.26. The number of thioether (sulfide) groups is 1. The van der Waals surface area contributed by atoms with Crippen molar-refractivity contribution in [3.05, 3.63) is 22.9 Å². The van der Waals surface area contributed by atoms with Crippen LogP contribution in [-0.4, -0.2) is 52.4 Å². The molecule has 0 amide bonds.